The van der Waals surface area contributed by atoms with Crippen molar-refractivity contribution in [3.05, 3.63) is 66.0 Å². The second-order valence-electron chi connectivity index (χ2n) is 5.98. The van der Waals surface area contributed by atoms with Crippen LogP contribution in [0.4, 0.5) is 19.0 Å². The zero-order chi connectivity index (χ0) is 21.3. The third-order valence-corrected chi connectivity index (χ3v) is 4.33. The van der Waals surface area contributed by atoms with Crippen molar-refractivity contribution in [2.45, 2.75) is 6.18 Å². The van der Waals surface area contributed by atoms with Crippen molar-refractivity contribution in [2.75, 3.05) is 5.73 Å². The van der Waals surface area contributed by atoms with Gasteiger partial charge >= 0.3 is 6.18 Å². The topological polar surface area (TPSA) is 111 Å². The lowest BCUT2D eigenvalue weighted by Gasteiger charge is -2.05. The lowest BCUT2D eigenvalue weighted by molar-refractivity contribution is -0.141. The van der Waals surface area contributed by atoms with Gasteiger partial charge in [0.1, 0.15) is 11.8 Å². The summed E-state index contributed by atoms with van der Waals surface area (Å²) in [6, 6.07) is 9.50. The van der Waals surface area contributed by atoms with Crippen LogP contribution in [-0.4, -0.2) is 34.7 Å². The SMILES string of the molecule is FC(F)(F)c1ccn(-c2ccc3cccc(Cl)c3n2)n1.Nc1ncnc2nc[nH]c12. The van der Waals surface area contributed by atoms with Crippen LogP contribution in [0.1, 0.15) is 5.69 Å². The largest absolute Gasteiger partial charge is 0.435 e. The first-order valence-electron chi connectivity index (χ1n) is 8.41. The molecule has 8 nitrogen and oxygen atoms in total. The Balaban J connectivity index is 0.000000181. The molecule has 0 atom stereocenters. The Bertz CT molecular complexity index is 1330. The van der Waals surface area contributed by atoms with Gasteiger partial charge in [0.25, 0.3) is 0 Å². The lowest BCUT2D eigenvalue weighted by atomic mass is 10.2. The van der Waals surface area contributed by atoms with Crippen molar-refractivity contribution in [1.82, 2.24) is 34.7 Å². The fourth-order valence-electron chi connectivity index (χ4n) is 2.61. The Morgan fingerprint density at radius 3 is 2.60 bits per heavy atom. The van der Waals surface area contributed by atoms with Gasteiger partial charge in [-0.25, -0.2) is 24.6 Å². The van der Waals surface area contributed by atoms with E-state index in [4.69, 9.17) is 17.3 Å². The van der Waals surface area contributed by atoms with Crippen molar-refractivity contribution >= 4 is 39.5 Å². The van der Waals surface area contributed by atoms with E-state index in [0.717, 1.165) is 16.1 Å². The molecule has 152 valence electrons. The predicted octanol–water partition coefficient (Wildman–Crippen LogP) is 4.03. The molecule has 12 heteroatoms. The van der Waals surface area contributed by atoms with Crippen LogP contribution in [-0.2, 0) is 6.18 Å². The molecule has 5 rings (SSSR count). The Hall–Kier alpha value is -3.73. The number of nitrogen functional groups attached to an aromatic ring is 1. The molecule has 0 aliphatic rings. The van der Waals surface area contributed by atoms with Crippen LogP contribution in [0.5, 0.6) is 0 Å². The summed E-state index contributed by atoms with van der Waals surface area (Å²) in [5, 5.41) is 4.72. The molecule has 0 unspecified atom stereocenters. The van der Waals surface area contributed by atoms with Crippen molar-refractivity contribution in [3.63, 3.8) is 0 Å². The van der Waals surface area contributed by atoms with Gasteiger partial charge < -0.3 is 10.7 Å². The maximum absolute atomic E-state index is 12.5. The monoisotopic (exact) mass is 432 g/mol. The third kappa shape index (κ3) is 3.87. The summed E-state index contributed by atoms with van der Waals surface area (Å²) in [6.07, 6.45) is -0.332. The molecule has 0 bridgehead atoms. The van der Waals surface area contributed by atoms with Crippen LogP contribution in [0.2, 0.25) is 5.02 Å². The number of hydrogen-bond acceptors (Lipinski definition) is 6. The van der Waals surface area contributed by atoms with E-state index in [1.807, 2.05) is 6.07 Å². The first kappa shape index (κ1) is 19.6. The van der Waals surface area contributed by atoms with Gasteiger partial charge in [0.2, 0.25) is 0 Å². The van der Waals surface area contributed by atoms with E-state index >= 15 is 0 Å². The first-order chi connectivity index (χ1) is 14.3. The molecule has 0 saturated carbocycles. The minimum atomic E-state index is -4.47. The molecule has 0 spiro atoms. The van der Waals surface area contributed by atoms with Gasteiger partial charge in [0.15, 0.2) is 23.0 Å². The van der Waals surface area contributed by atoms with Crippen molar-refractivity contribution in [1.29, 1.82) is 0 Å². The number of aromatic nitrogens is 7. The number of rotatable bonds is 1. The molecule has 1 aromatic carbocycles. The molecule has 4 heterocycles. The molecule has 5 aromatic rings. The van der Waals surface area contributed by atoms with E-state index in [-0.39, 0.29) is 5.82 Å². The van der Waals surface area contributed by atoms with Gasteiger partial charge in [-0.3, -0.25) is 0 Å². The maximum Gasteiger partial charge on any atom is 0.435 e. The number of alkyl halides is 3. The maximum atomic E-state index is 12.5. The van der Waals surface area contributed by atoms with Gasteiger partial charge in [-0.15, -0.1) is 0 Å². The molecular weight excluding hydrogens is 421 g/mol. The number of nitrogens with two attached hydrogens (primary N) is 1. The highest BCUT2D eigenvalue weighted by Gasteiger charge is 2.33. The van der Waals surface area contributed by atoms with Gasteiger partial charge in [-0.1, -0.05) is 23.7 Å². The Labute approximate surface area is 171 Å². The normalized spacial score (nSPS) is 11.5. The molecule has 0 saturated heterocycles. The zero-order valence-corrected chi connectivity index (χ0v) is 15.7. The number of halogens is 4. The average Bonchev–Trinajstić information content (AvgIpc) is 3.39. The third-order valence-electron chi connectivity index (χ3n) is 4.02. The van der Waals surface area contributed by atoms with Gasteiger partial charge in [-0.2, -0.15) is 18.3 Å². The standard InChI is InChI=1S/C13H7ClF3N3.C5H5N5/c14-9-3-1-2-8-4-5-11(18-12(8)9)20-7-6-10(19-20)13(15,16)17;6-4-3-5(9-1-7-3)10-2-8-4/h1-7H;1-2H,(H3,6,7,8,9,10). The lowest BCUT2D eigenvalue weighted by Crippen LogP contribution is -2.07. The van der Waals surface area contributed by atoms with Crippen LogP contribution in [0.3, 0.4) is 0 Å². The highest BCUT2D eigenvalue weighted by Crippen LogP contribution is 2.28. The molecule has 3 N–H and O–H groups in total. The summed E-state index contributed by atoms with van der Waals surface area (Å²) in [6.45, 7) is 0. The quantitative estimate of drug-likeness (QED) is 0.413. The number of pyridine rings is 1. The number of nitrogens with one attached hydrogen (secondary N) is 1. The van der Waals surface area contributed by atoms with E-state index in [2.05, 4.69) is 30.0 Å². The average molecular weight is 433 g/mol. The van der Waals surface area contributed by atoms with Crippen molar-refractivity contribution in [3.8, 4) is 5.82 Å². The zero-order valence-electron chi connectivity index (χ0n) is 15.0. The summed E-state index contributed by atoms with van der Waals surface area (Å²) in [5.74, 6) is 0.712. The fourth-order valence-corrected chi connectivity index (χ4v) is 2.84. The number of aromatic amines is 1. The van der Waals surface area contributed by atoms with Crippen LogP contribution in [0.25, 0.3) is 27.9 Å². The summed E-state index contributed by atoms with van der Waals surface area (Å²) in [7, 11) is 0. The molecule has 0 radical (unpaired) electrons. The summed E-state index contributed by atoms with van der Waals surface area (Å²) >= 11 is 6.02. The molecule has 0 amide bonds. The van der Waals surface area contributed by atoms with E-state index in [1.54, 1.807) is 24.3 Å². The number of H-pyrrole nitrogens is 1. The number of para-hydroxylation sites is 1. The smallest absolute Gasteiger partial charge is 0.382 e. The second kappa shape index (κ2) is 7.59. The summed E-state index contributed by atoms with van der Waals surface area (Å²) in [4.78, 5) is 18.6. The number of anilines is 1. The van der Waals surface area contributed by atoms with E-state index in [1.165, 1.54) is 18.9 Å². The first-order valence-corrected chi connectivity index (χ1v) is 8.79. The summed E-state index contributed by atoms with van der Waals surface area (Å²) in [5.41, 5.74) is 6.34. The van der Waals surface area contributed by atoms with E-state index in [9.17, 15) is 13.2 Å². The molecule has 0 aliphatic heterocycles. The van der Waals surface area contributed by atoms with Crippen molar-refractivity contribution < 1.29 is 13.2 Å². The molecule has 4 aromatic heterocycles. The number of fused-ring (bicyclic) bond motifs is 2. The van der Waals surface area contributed by atoms with E-state index in [0.29, 0.717) is 27.5 Å². The number of nitrogens with zero attached hydrogens (tertiary/aromatic N) is 6. The predicted molar refractivity (Wildman–Crippen MR) is 105 cm³/mol. The van der Waals surface area contributed by atoms with Crippen molar-refractivity contribution in [2.24, 2.45) is 0 Å². The minimum Gasteiger partial charge on any atom is -0.382 e. The number of benzene rings is 1. The van der Waals surface area contributed by atoms with Gasteiger partial charge in [-0.05, 0) is 24.3 Å². The Morgan fingerprint density at radius 2 is 1.87 bits per heavy atom. The molecular formula is C18H12ClF3N8. The second-order valence-corrected chi connectivity index (χ2v) is 6.39. The van der Waals surface area contributed by atoms with Crippen LogP contribution >= 0.6 is 11.6 Å². The Morgan fingerprint density at radius 1 is 1.03 bits per heavy atom. The molecule has 0 fully saturated rings. The van der Waals surface area contributed by atoms with Gasteiger partial charge in [0, 0.05) is 11.6 Å². The molecule has 30 heavy (non-hydrogen) atoms. The highest BCUT2D eigenvalue weighted by atomic mass is 35.5. The minimum absolute atomic E-state index is 0.279. The highest BCUT2D eigenvalue weighted by molar-refractivity contribution is 6.35. The van der Waals surface area contributed by atoms with E-state index < -0.39 is 11.9 Å². The van der Waals surface area contributed by atoms with Crippen LogP contribution in [0, 0.1) is 0 Å². The summed E-state index contributed by atoms with van der Waals surface area (Å²) < 4.78 is 38.6. The van der Waals surface area contributed by atoms with Crippen LogP contribution < -0.4 is 5.73 Å². The Kier molecular flexibility index (Phi) is 4.96. The number of hydrogen-bond donors (Lipinski definition) is 2. The number of imidazole rings is 1. The van der Waals surface area contributed by atoms with Crippen LogP contribution in [0.15, 0.2) is 55.2 Å². The fraction of sp³-hybridized carbons (Fsp3) is 0.0556. The molecule has 0 aliphatic carbocycles. The van der Waals surface area contributed by atoms with Gasteiger partial charge in [0.05, 0.1) is 16.9 Å².